The lowest BCUT2D eigenvalue weighted by Gasteiger charge is -2.42. The van der Waals surface area contributed by atoms with E-state index in [1.165, 1.54) is 45.2 Å². The van der Waals surface area contributed by atoms with Gasteiger partial charge in [-0.05, 0) is 24.8 Å². The molecule has 0 atom stereocenters. The van der Waals surface area contributed by atoms with E-state index in [-0.39, 0.29) is 0 Å². The van der Waals surface area contributed by atoms with E-state index in [1.54, 1.807) is 0 Å². The molecule has 100 valence electrons. The highest BCUT2D eigenvalue weighted by molar-refractivity contribution is 4.88. The summed E-state index contributed by atoms with van der Waals surface area (Å²) in [5.41, 5.74) is 0.547. The predicted molar refractivity (Wildman–Crippen MR) is 71.3 cm³/mol. The van der Waals surface area contributed by atoms with Crippen molar-refractivity contribution >= 4 is 0 Å². The average Bonchev–Trinajstić information content (AvgIpc) is 2.39. The predicted octanol–water partition coefficient (Wildman–Crippen LogP) is 1.88. The fourth-order valence-corrected chi connectivity index (χ4v) is 3.32. The van der Waals surface area contributed by atoms with Gasteiger partial charge in [0.05, 0.1) is 13.2 Å². The van der Waals surface area contributed by atoms with E-state index in [0.717, 1.165) is 32.8 Å². The Kier molecular flexibility index (Phi) is 5.26. The third-order valence-electron chi connectivity index (χ3n) is 4.33. The van der Waals surface area contributed by atoms with E-state index < -0.39 is 0 Å². The second-order valence-corrected chi connectivity index (χ2v) is 5.73. The summed E-state index contributed by atoms with van der Waals surface area (Å²) < 4.78 is 5.45. The number of hydrogen-bond donors (Lipinski definition) is 1. The molecule has 1 saturated heterocycles. The van der Waals surface area contributed by atoms with E-state index in [1.807, 2.05) is 0 Å². The fraction of sp³-hybridized carbons (Fsp3) is 1.00. The number of morpholine rings is 1. The molecule has 1 aliphatic heterocycles. The van der Waals surface area contributed by atoms with Crippen molar-refractivity contribution < 1.29 is 4.74 Å². The summed E-state index contributed by atoms with van der Waals surface area (Å²) in [6, 6.07) is 0. The van der Waals surface area contributed by atoms with Crippen LogP contribution in [0.25, 0.3) is 0 Å². The Hall–Kier alpha value is -0.120. The maximum absolute atomic E-state index is 5.45. The first-order valence-electron chi connectivity index (χ1n) is 7.35. The van der Waals surface area contributed by atoms with Gasteiger partial charge in [0, 0.05) is 26.2 Å². The summed E-state index contributed by atoms with van der Waals surface area (Å²) in [5.74, 6) is 0. The van der Waals surface area contributed by atoms with E-state index in [9.17, 15) is 0 Å². The van der Waals surface area contributed by atoms with Gasteiger partial charge in [-0.25, -0.2) is 0 Å². The van der Waals surface area contributed by atoms with Gasteiger partial charge in [-0.2, -0.15) is 0 Å². The van der Waals surface area contributed by atoms with Crippen LogP contribution in [0.2, 0.25) is 0 Å². The van der Waals surface area contributed by atoms with Crippen molar-refractivity contribution in [3.8, 4) is 0 Å². The first-order valence-corrected chi connectivity index (χ1v) is 7.35. The zero-order valence-electron chi connectivity index (χ0n) is 11.3. The van der Waals surface area contributed by atoms with Crippen LogP contribution in [0.5, 0.6) is 0 Å². The first-order chi connectivity index (χ1) is 8.35. The Morgan fingerprint density at radius 2 is 1.82 bits per heavy atom. The van der Waals surface area contributed by atoms with Crippen molar-refractivity contribution in [1.82, 2.24) is 10.2 Å². The van der Waals surface area contributed by atoms with Crippen LogP contribution in [-0.2, 0) is 4.74 Å². The second-order valence-electron chi connectivity index (χ2n) is 5.73. The molecule has 2 rings (SSSR count). The van der Waals surface area contributed by atoms with Crippen LogP contribution in [-0.4, -0.2) is 50.8 Å². The summed E-state index contributed by atoms with van der Waals surface area (Å²) in [6.07, 6.45) is 7.12. The van der Waals surface area contributed by atoms with Crippen molar-refractivity contribution in [2.24, 2.45) is 5.41 Å². The molecule has 1 aliphatic carbocycles. The lowest BCUT2D eigenvalue weighted by atomic mass is 9.73. The average molecular weight is 240 g/mol. The molecule has 0 radical (unpaired) electrons. The Labute approximate surface area is 106 Å². The van der Waals surface area contributed by atoms with Crippen LogP contribution in [0.4, 0.5) is 0 Å². The highest BCUT2D eigenvalue weighted by Gasteiger charge is 2.33. The molecule has 0 amide bonds. The van der Waals surface area contributed by atoms with Crippen LogP contribution < -0.4 is 5.32 Å². The maximum atomic E-state index is 5.45. The first kappa shape index (κ1) is 13.3. The largest absolute Gasteiger partial charge is 0.379 e. The minimum atomic E-state index is 0.547. The molecule has 0 spiro atoms. The molecule has 2 fully saturated rings. The Morgan fingerprint density at radius 3 is 2.47 bits per heavy atom. The van der Waals surface area contributed by atoms with Gasteiger partial charge >= 0.3 is 0 Å². The molecule has 0 aromatic rings. The van der Waals surface area contributed by atoms with Crippen molar-refractivity contribution in [2.45, 2.75) is 39.0 Å². The molecule has 3 heteroatoms. The summed E-state index contributed by atoms with van der Waals surface area (Å²) in [6.45, 7) is 9.93. The molecular formula is C14H28N2O. The highest BCUT2D eigenvalue weighted by Crippen LogP contribution is 2.36. The second kappa shape index (κ2) is 6.72. The molecule has 0 aromatic heterocycles. The summed E-state index contributed by atoms with van der Waals surface area (Å²) in [4.78, 5) is 2.62. The SMILES string of the molecule is CCNCC1(CN2CCOCC2)CCCCC1. The molecule has 0 unspecified atom stereocenters. The van der Waals surface area contributed by atoms with Crippen molar-refractivity contribution in [2.75, 3.05) is 45.9 Å². The number of nitrogens with one attached hydrogen (secondary N) is 1. The van der Waals surface area contributed by atoms with E-state index in [0.29, 0.717) is 5.41 Å². The van der Waals surface area contributed by atoms with Gasteiger partial charge in [0.1, 0.15) is 0 Å². The van der Waals surface area contributed by atoms with Gasteiger partial charge in [-0.3, -0.25) is 4.90 Å². The van der Waals surface area contributed by atoms with Crippen molar-refractivity contribution in [1.29, 1.82) is 0 Å². The van der Waals surface area contributed by atoms with E-state index >= 15 is 0 Å². The van der Waals surface area contributed by atoms with Crippen LogP contribution in [0, 0.1) is 5.41 Å². The Morgan fingerprint density at radius 1 is 1.12 bits per heavy atom. The number of hydrogen-bond acceptors (Lipinski definition) is 3. The highest BCUT2D eigenvalue weighted by atomic mass is 16.5. The molecule has 2 aliphatic rings. The molecule has 17 heavy (non-hydrogen) atoms. The smallest absolute Gasteiger partial charge is 0.0594 e. The summed E-state index contributed by atoms with van der Waals surface area (Å²) in [7, 11) is 0. The van der Waals surface area contributed by atoms with Crippen molar-refractivity contribution in [3.05, 3.63) is 0 Å². The fourth-order valence-electron chi connectivity index (χ4n) is 3.32. The van der Waals surface area contributed by atoms with Gasteiger partial charge < -0.3 is 10.1 Å². The topological polar surface area (TPSA) is 24.5 Å². The van der Waals surface area contributed by atoms with Gasteiger partial charge in [-0.1, -0.05) is 26.2 Å². The van der Waals surface area contributed by atoms with Crippen molar-refractivity contribution in [3.63, 3.8) is 0 Å². The molecule has 1 saturated carbocycles. The quantitative estimate of drug-likeness (QED) is 0.794. The zero-order chi connectivity index (χ0) is 12.0. The summed E-state index contributed by atoms with van der Waals surface area (Å²) in [5, 5.41) is 3.59. The molecule has 1 heterocycles. The lowest BCUT2D eigenvalue weighted by Crippen LogP contribution is -2.48. The molecule has 3 nitrogen and oxygen atoms in total. The van der Waals surface area contributed by atoms with Crippen LogP contribution in [0.3, 0.4) is 0 Å². The Bertz CT molecular complexity index is 208. The van der Waals surface area contributed by atoms with Gasteiger partial charge in [0.15, 0.2) is 0 Å². The molecule has 1 N–H and O–H groups in total. The molecular weight excluding hydrogens is 212 g/mol. The Balaban J connectivity index is 1.88. The lowest BCUT2D eigenvalue weighted by molar-refractivity contribution is 0.00734. The third-order valence-corrected chi connectivity index (χ3v) is 4.33. The third kappa shape index (κ3) is 3.94. The number of rotatable bonds is 5. The van der Waals surface area contributed by atoms with Gasteiger partial charge in [0.2, 0.25) is 0 Å². The van der Waals surface area contributed by atoms with Crippen LogP contribution in [0.1, 0.15) is 39.0 Å². The minimum absolute atomic E-state index is 0.547. The number of ether oxygens (including phenoxy) is 1. The monoisotopic (exact) mass is 240 g/mol. The molecule has 0 aromatic carbocycles. The van der Waals surface area contributed by atoms with E-state index in [4.69, 9.17) is 4.74 Å². The minimum Gasteiger partial charge on any atom is -0.379 e. The van der Waals surface area contributed by atoms with Gasteiger partial charge in [-0.15, -0.1) is 0 Å². The standard InChI is InChI=1S/C14H28N2O/c1-2-15-12-14(6-4-3-5-7-14)13-16-8-10-17-11-9-16/h15H,2-13H2,1H3. The van der Waals surface area contributed by atoms with Gasteiger partial charge in [0.25, 0.3) is 0 Å². The van der Waals surface area contributed by atoms with Crippen LogP contribution in [0.15, 0.2) is 0 Å². The van der Waals surface area contributed by atoms with Crippen LogP contribution >= 0.6 is 0 Å². The maximum Gasteiger partial charge on any atom is 0.0594 e. The summed E-state index contributed by atoms with van der Waals surface area (Å²) >= 11 is 0. The zero-order valence-corrected chi connectivity index (χ0v) is 11.3. The molecule has 0 bridgehead atoms. The number of nitrogens with zero attached hydrogens (tertiary/aromatic N) is 1. The van der Waals surface area contributed by atoms with E-state index in [2.05, 4.69) is 17.1 Å². The normalized spacial score (nSPS) is 25.9.